The van der Waals surface area contributed by atoms with Crippen molar-refractivity contribution in [2.45, 2.75) is 50.9 Å². The van der Waals surface area contributed by atoms with Gasteiger partial charge in [0, 0.05) is 26.4 Å². The van der Waals surface area contributed by atoms with Crippen LogP contribution >= 0.6 is 11.3 Å². The fourth-order valence-corrected chi connectivity index (χ4v) is 4.61. The minimum atomic E-state index is 0.146. The molecule has 0 aromatic carbocycles. The molecule has 0 radical (unpaired) electrons. The molecule has 23 heavy (non-hydrogen) atoms. The molecule has 0 N–H and O–H groups in total. The molecule has 3 saturated heterocycles. The van der Waals surface area contributed by atoms with Crippen molar-refractivity contribution in [3.05, 3.63) is 5.01 Å². The summed E-state index contributed by atoms with van der Waals surface area (Å²) in [6, 6.07) is 0.385. The first-order chi connectivity index (χ1) is 11.3. The van der Waals surface area contributed by atoms with Gasteiger partial charge in [-0.05, 0) is 38.5 Å². The Hall–Kier alpha value is -0.760. The Morgan fingerprint density at radius 2 is 2.09 bits per heavy atom. The summed E-state index contributed by atoms with van der Waals surface area (Å²) < 4.78 is 17.8. The summed E-state index contributed by atoms with van der Waals surface area (Å²) in [7, 11) is 0. The van der Waals surface area contributed by atoms with Gasteiger partial charge in [-0.25, -0.2) is 0 Å². The second-order valence-electron chi connectivity index (χ2n) is 6.73. The zero-order chi connectivity index (χ0) is 15.6. The molecule has 3 aliphatic heterocycles. The van der Waals surface area contributed by atoms with E-state index in [0.29, 0.717) is 12.0 Å². The van der Waals surface area contributed by atoms with Crippen LogP contribution in [-0.4, -0.2) is 61.4 Å². The second-order valence-corrected chi connectivity index (χ2v) is 7.89. The predicted octanol–water partition coefficient (Wildman–Crippen LogP) is 2.03. The molecular weight excluding hydrogens is 314 g/mol. The lowest BCUT2D eigenvalue weighted by Crippen LogP contribution is -2.42. The van der Waals surface area contributed by atoms with Crippen LogP contribution in [0.25, 0.3) is 0 Å². The molecule has 1 aromatic heterocycles. The summed E-state index contributed by atoms with van der Waals surface area (Å²) in [5.74, 6) is 0.628. The molecule has 0 saturated carbocycles. The number of hydrogen-bond donors (Lipinski definition) is 0. The van der Waals surface area contributed by atoms with Crippen molar-refractivity contribution in [3.63, 3.8) is 0 Å². The Morgan fingerprint density at radius 1 is 1.22 bits per heavy atom. The molecule has 0 spiro atoms. The number of hydrogen-bond acceptors (Lipinski definition) is 7. The summed E-state index contributed by atoms with van der Waals surface area (Å²) in [4.78, 5) is 2.36. The molecule has 0 amide bonds. The van der Waals surface area contributed by atoms with Gasteiger partial charge in [-0.2, -0.15) is 0 Å². The number of aromatic nitrogens is 2. The summed E-state index contributed by atoms with van der Waals surface area (Å²) in [6.45, 7) is 6.29. The summed E-state index contributed by atoms with van der Waals surface area (Å²) >= 11 is 1.66. The Balaban J connectivity index is 1.42. The molecule has 7 heteroatoms. The first kappa shape index (κ1) is 15.7. The van der Waals surface area contributed by atoms with E-state index in [1.54, 1.807) is 11.3 Å². The van der Waals surface area contributed by atoms with Gasteiger partial charge in [0.1, 0.15) is 17.2 Å². The minimum Gasteiger partial charge on any atom is -0.381 e. The Bertz CT molecular complexity index is 520. The molecule has 6 nitrogen and oxygen atoms in total. The number of anilines is 1. The fraction of sp³-hybridized carbons (Fsp3) is 0.875. The summed E-state index contributed by atoms with van der Waals surface area (Å²) in [5, 5.41) is 10.5. The second kappa shape index (κ2) is 7.01. The highest BCUT2D eigenvalue weighted by Crippen LogP contribution is 2.36. The molecule has 4 rings (SSSR count). The Labute approximate surface area is 141 Å². The van der Waals surface area contributed by atoms with E-state index in [-0.39, 0.29) is 12.2 Å². The van der Waals surface area contributed by atoms with Crippen molar-refractivity contribution < 1.29 is 14.2 Å². The Kier molecular flexibility index (Phi) is 4.80. The van der Waals surface area contributed by atoms with Gasteiger partial charge in [0.25, 0.3) is 0 Å². The fourth-order valence-electron chi connectivity index (χ4n) is 3.85. The van der Waals surface area contributed by atoms with Gasteiger partial charge in [-0.15, -0.1) is 10.2 Å². The molecule has 0 aliphatic carbocycles. The van der Waals surface area contributed by atoms with E-state index in [0.717, 1.165) is 68.8 Å². The first-order valence-corrected chi connectivity index (χ1v) is 9.50. The van der Waals surface area contributed by atoms with Crippen LogP contribution in [0.2, 0.25) is 0 Å². The maximum Gasteiger partial charge on any atom is 0.208 e. The largest absolute Gasteiger partial charge is 0.381 e. The van der Waals surface area contributed by atoms with Crippen LogP contribution in [0, 0.1) is 12.8 Å². The van der Waals surface area contributed by atoms with E-state index in [2.05, 4.69) is 15.1 Å². The third-order valence-electron chi connectivity index (χ3n) is 5.13. The van der Waals surface area contributed by atoms with E-state index in [1.807, 2.05) is 6.92 Å². The molecule has 0 bridgehead atoms. The lowest BCUT2D eigenvalue weighted by Gasteiger charge is -2.32. The van der Waals surface area contributed by atoms with E-state index in [4.69, 9.17) is 14.2 Å². The van der Waals surface area contributed by atoms with Crippen molar-refractivity contribution in [2.75, 3.05) is 37.9 Å². The molecular formula is C16H25N3O3S. The number of nitrogens with zero attached hydrogens (tertiary/aromatic N) is 3. The maximum atomic E-state index is 6.30. The van der Waals surface area contributed by atoms with Gasteiger partial charge >= 0.3 is 0 Å². The lowest BCUT2D eigenvalue weighted by atomic mass is 10.0. The summed E-state index contributed by atoms with van der Waals surface area (Å²) in [5.41, 5.74) is 0. The summed E-state index contributed by atoms with van der Waals surface area (Å²) in [6.07, 6.45) is 4.81. The van der Waals surface area contributed by atoms with Crippen LogP contribution in [0.15, 0.2) is 0 Å². The highest BCUT2D eigenvalue weighted by atomic mass is 32.1. The van der Waals surface area contributed by atoms with E-state index < -0.39 is 0 Å². The average molecular weight is 339 g/mol. The third kappa shape index (κ3) is 3.38. The number of aryl methyl sites for hydroxylation is 1. The maximum absolute atomic E-state index is 6.30. The van der Waals surface area contributed by atoms with Gasteiger partial charge < -0.3 is 19.1 Å². The highest BCUT2D eigenvalue weighted by molar-refractivity contribution is 7.15. The lowest BCUT2D eigenvalue weighted by molar-refractivity contribution is -0.0868. The molecule has 128 valence electrons. The molecule has 3 atom stereocenters. The van der Waals surface area contributed by atoms with Crippen LogP contribution in [0.4, 0.5) is 5.13 Å². The predicted molar refractivity (Wildman–Crippen MR) is 88.0 cm³/mol. The SMILES string of the molecule is Cc1nnc(N2C[C@@H](OCC3CCOCC3)[C@@H]3OCCC[C@@H]32)s1. The van der Waals surface area contributed by atoms with Crippen molar-refractivity contribution in [3.8, 4) is 0 Å². The highest BCUT2D eigenvalue weighted by Gasteiger charge is 2.46. The molecule has 4 heterocycles. The minimum absolute atomic E-state index is 0.146. The van der Waals surface area contributed by atoms with Crippen LogP contribution in [0.3, 0.4) is 0 Å². The van der Waals surface area contributed by atoms with Gasteiger partial charge in [0.2, 0.25) is 5.13 Å². The van der Waals surface area contributed by atoms with Crippen LogP contribution in [0.1, 0.15) is 30.7 Å². The first-order valence-electron chi connectivity index (χ1n) is 8.69. The zero-order valence-corrected chi connectivity index (χ0v) is 14.5. The molecule has 3 aliphatic rings. The monoisotopic (exact) mass is 339 g/mol. The van der Waals surface area contributed by atoms with Gasteiger partial charge in [0.05, 0.1) is 12.6 Å². The van der Waals surface area contributed by atoms with Crippen molar-refractivity contribution in [2.24, 2.45) is 5.92 Å². The van der Waals surface area contributed by atoms with Gasteiger partial charge in [0.15, 0.2) is 0 Å². The smallest absolute Gasteiger partial charge is 0.208 e. The third-order valence-corrected chi connectivity index (χ3v) is 6.00. The standard InChI is InChI=1S/C16H25N3O3S/c1-11-17-18-16(23-11)19-9-14(15-13(19)3-2-6-21-15)22-10-12-4-7-20-8-5-12/h12-15H,2-10H2,1H3/t13-,14+,15+/m0/s1. The average Bonchev–Trinajstić information content (AvgIpc) is 3.18. The number of ether oxygens (including phenoxy) is 3. The zero-order valence-electron chi connectivity index (χ0n) is 13.6. The Morgan fingerprint density at radius 3 is 2.87 bits per heavy atom. The van der Waals surface area contributed by atoms with E-state index in [1.165, 1.54) is 0 Å². The molecule has 0 unspecified atom stereocenters. The normalized spacial score (nSPS) is 32.2. The number of fused-ring (bicyclic) bond motifs is 1. The van der Waals surface area contributed by atoms with Crippen LogP contribution in [0.5, 0.6) is 0 Å². The van der Waals surface area contributed by atoms with Crippen molar-refractivity contribution in [1.82, 2.24) is 10.2 Å². The quantitative estimate of drug-likeness (QED) is 0.837. The van der Waals surface area contributed by atoms with E-state index >= 15 is 0 Å². The van der Waals surface area contributed by atoms with Gasteiger partial charge in [-0.1, -0.05) is 11.3 Å². The van der Waals surface area contributed by atoms with Crippen molar-refractivity contribution >= 4 is 16.5 Å². The molecule has 3 fully saturated rings. The molecule has 1 aromatic rings. The van der Waals surface area contributed by atoms with Gasteiger partial charge in [-0.3, -0.25) is 0 Å². The van der Waals surface area contributed by atoms with Crippen molar-refractivity contribution in [1.29, 1.82) is 0 Å². The van der Waals surface area contributed by atoms with Crippen LogP contribution in [-0.2, 0) is 14.2 Å². The number of rotatable bonds is 4. The van der Waals surface area contributed by atoms with Crippen LogP contribution < -0.4 is 4.90 Å². The van der Waals surface area contributed by atoms with E-state index in [9.17, 15) is 0 Å². The topological polar surface area (TPSA) is 56.7 Å².